The number of nitrogens with zero attached hydrogens (tertiary/aromatic N) is 4. The third kappa shape index (κ3) is 4.53. The Kier molecular flexibility index (Phi) is 5.27. The topological polar surface area (TPSA) is 95.2 Å². The van der Waals surface area contributed by atoms with Crippen molar-refractivity contribution in [1.29, 1.82) is 0 Å². The zero-order valence-corrected chi connectivity index (χ0v) is 16.4. The molecule has 0 aliphatic carbocycles. The van der Waals surface area contributed by atoms with E-state index in [2.05, 4.69) is 37.1 Å². The van der Waals surface area contributed by atoms with Gasteiger partial charge in [-0.1, -0.05) is 0 Å². The van der Waals surface area contributed by atoms with Gasteiger partial charge in [0.15, 0.2) is 5.66 Å². The number of aromatic nitrogens is 3. The van der Waals surface area contributed by atoms with Gasteiger partial charge in [0, 0.05) is 44.1 Å². The van der Waals surface area contributed by atoms with Crippen molar-refractivity contribution in [2.24, 2.45) is 12.0 Å². The molecule has 1 aliphatic rings. The molecule has 2 aromatic heterocycles. The van der Waals surface area contributed by atoms with E-state index in [9.17, 15) is 13.6 Å². The summed E-state index contributed by atoms with van der Waals surface area (Å²) >= 11 is 0. The van der Waals surface area contributed by atoms with Crippen LogP contribution in [-0.4, -0.2) is 33.7 Å². The van der Waals surface area contributed by atoms with Crippen LogP contribution in [-0.2, 0) is 11.8 Å². The van der Waals surface area contributed by atoms with Crippen LogP contribution in [0.2, 0.25) is 0 Å². The maximum atomic E-state index is 14.0. The molecule has 8 nitrogen and oxygen atoms in total. The molecule has 0 aromatic carbocycles. The highest BCUT2D eigenvalue weighted by Crippen LogP contribution is 2.33. The van der Waals surface area contributed by atoms with Gasteiger partial charge in [-0.05, 0) is 13.0 Å². The molecule has 1 unspecified atom stereocenters. The largest absolute Gasteiger partial charge is 0.366 e. The van der Waals surface area contributed by atoms with E-state index in [1.54, 1.807) is 36.2 Å². The Labute approximate surface area is 166 Å². The van der Waals surface area contributed by atoms with Gasteiger partial charge in [0.25, 0.3) is 5.92 Å². The first-order chi connectivity index (χ1) is 13.6. The SMILES string of the molecule is CC(=O)Nc1cc(NC2=CC=NC(C)(C(C)(F)F)N2)c(-c2c[n+](C)[c-]cn2)cn1. The number of allylic oxidation sites excluding steroid dienone is 1. The van der Waals surface area contributed by atoms with Crippen molar-refractivity contribution in [3.63, 3.8) is 0 Å². The van der Waals surface area contributed by atoms with E-state index in [4.69, 9.17) is 0 Å². The number of aryl methyl sites for hydroxylation is 1. The van der Waals surface area contributed by atoms with E-state index in [1.165, 1.54) is 26.3 Å². The van der Waals surface area contributed by atoms with Crippen LogP contribution in [0.5, 0.6) is 0 Å². The molecule has 1 aliphatic heterocycles. The van der Waals surface area contributed by atoms with Crippen molar-refractivity contribution in [2.75, 3.05) is 10.6 Å². The summed E-state index contributed by atoms with van der Waals surface area (Å²) in [4.78, 5) is 23.8. The number of alkyl halides is 2. The van der Waals surface area contributed by atoms with E-state index in [-0.39, 0.29) is 5.91 Å². The standard InChI is InChI=1S/C19H21F2N7O/c1-12(29)25-17-9-14(13(10-23-17)15-11-28(4)8-7-22-15)26-16-5-6-24-19(3,27-16)18(2,20)21/h5-7,9-11,27H,1-4H3,(H2,23,25,26,29). The van der Waals surface area contributed by atoms with Gasteiger partial charge in [0.1, 0.15) is 18.7 Å². The van der Waals surface area contributed by atoms with Gasteiger partial charge in [-0.25, -0.2) is 13.8 Å². The molecule has 3 heterocycles. The molecular formula is C19H21F2N7O. The molecule has 152 valence electrons. The van der Waals surface area contributed by atoms with Crippen LogP contribution in [0.4, 0.5) is 20.3 Å². The monoisotopic (exact) mass is 401 g/mol. The van der Waals surface area contributed by atoms with Crippen LogP contribution in [0.15, 0.2) is 41.5 Å². The maximum Gasteiger partial charge on any atom is 0.287 e. The second kappa shape index (κ2) is 7.53. The van der Waals surface area contributed by atoms with E-state index in [1.807, 2.05) is 0 Å². The molecular weight excluding hydrogens is 380 g/mol. The third-order valence-electron chi connectivity index (χ3n) is 4.34. The summed E-state index contributed by atoms with van der Waals surface area (Å²) in [5, 5.41) is 8.42. The second-order valence-corrected chi connectivity index (χ2v) is 6.88. The first kappa shape index (κ1) is 20.3. The minimum Gasteiger partial charge on any atom is -0.366 e. The van der Waals surface area contributed by atoms with Crippen LogP contribution in [0.1, 0.15) is 20.8 Å². The van der Waals surface area contributed by atoms with Gasteiger partial charge in [0.2, 0.25) is 5.91 Å². The van der Waals surface area contributed by atoms with Crippen molar-refractivity contribution in [3.8, 4) is 11.3 Å². The predicted molar refractivity (Wildman–Crippen MR) is 104 cm³/mol. The molecule has 0 bridgehead atoms. The zero-order chi connectivity index (χ0) is 21.2. The molecule has 0 radical (unpaired) electrons. The Balaban J connectivity index is 1.99. The van der Waals surface area contributed by atoms with Crippen molar-refractivity contribution in [3.05, 3.63) is 42.8 Å². The number of anilines is 2. The average Bonchev–Trinajstić information content (AvgIpc) is 2.60. The highest BCUT2D eigenvalue weighted by molar-refractivity contribution is 5.89. The average molecular weight is 401 g/mol. The summed E-state index contributed by atoms with van der Waals surface area (Å²) < 4.78 is 29.7. The minimum atomic E-state index is -3.10. The summed E-state index contributed by atoms with van der Waals surface area (Å²) in [6.07, 6.45) is 10.6. The molecule has 10 heteroatoms. The Morgan fingerprint density at radius 3 is 2.79 bits per heavy atom. The fourth-order valence-corrected chi connectivity index (χ4v) is 2.63. The molecule has 3 N–H and O–H groups in total. The van der Waals surface area contributed by atoms with Gasteiger partial charge in [-0.2, -0.15) is 0 Å². The molecule has 29 heavy (non-hydrogen) atoms. The molecule has 1 amide bonds. The lowest BCUT2D eigenvalue weighted by atomic mass is 10.1. The number of nitrogens with one attached hydrogen (secondary N) is 3. The summed E-state index contributed by atoms with van der Waals surface area (Å²) in [5.41, 5.74) is -0.0918. The maximum absolute atomic E-state index is 14.0. The number of rotatable bonds is 5. The van der Waals surface area contributed by atoms with E-state index in [0.29, 0.717) is 28.6 Å². The lowest BCUT2D eigenvalue weighted by Gasteiger charge is -2.36. The highest BCUT2D eigenvalue weighted by Gasteiger charge is 2.47. The third-order valence-corrected chi connectivity index (χ3v) is 4.34. The number of amides is 1. The lowest BCUT2D eigenvalue weighted by Crippen LogP contribution is -2.55. The van der Waals surface area contributed by atoms with Crippen molar-refractivity contribution in [2.45, 2.75) is 32.4 Å². The number of aliphatic imine (C=N–C) groups is 1. The van der Waals surface area contributed by atoms with Crippen LogP contribution in [0.3, 0.4) is 0 Å². The van der Waals surface area contributed by atoms with Gasteiger partial charge in [0.05, 0.1) is 23.8 Å². The fourth-order valence-electron chi connectivity index (χ4n) is 2.63. The van der Waals surface area contributed by atoms with Crippen LogP contribution >= 0.6 is 0 Å². The number of pyridine rings is 1. The van der Waals surface area contributed by atoms with Crippen LogP contribution in [0, 0.1) is 6.20 Å². The molecule has 0 saturated carbocycles. The summed E-state index contributed by atoms with van der Waals surface area (Å²) in [6, 6.07) is 1.60. The Bertz CT molecular complexity index is 1000. The second-order valence-electron chi connectivity index (χ2n) is 6.88. The van der Waals surface area contributed by atoms with Gasteiger partial charge in [-0.15, -0.1) is 0 Å². The Morgan fingerprint density at radius 2 is 2.14 bits per heavy atom. The molecule has 0 fully saturated rings. The highest BCUT2D eigenvalue weighted by atomic mass is 19.3. The summed E-state index contributed by atoms with van der Waals surface area (Å²) in [6.45, 7) is 3.48. The van der Waals surface area contributed by atoms with Gasteiger partial charge >= 0.3 is 0 Å². The van der Waals surface area contributed by atoms with Gasteiger partial charge < -0.3 is 20.5 Å². The molecule has 2 aromatic rings. The van der Waals surface area contributed by atoms with Crippen LogP contribution in [0.25, 0.3) is 11.3 Å². The first-order valence-corrected chi connectivity index (χ1v) is 8.77. The molecule has 1 atom stereocenters. The number of hydrogen-bond acceptors (Lipinski definition) is 6. The summed E-state index contributed by atoms with van der Waals surface area (Å²) in [5.74, 6) is -2.76. The normalized spacial score (nSPS) is 18.6. The Morgan fingerprint density at radius 1 is 1.38 bits per heavy atom. The quantitative estimate of drug-likeness (QED) is 0.526. The molecule has 3 rings (SSSR count). The number of halogens is 2. The van der Waals surface area contributed by atoms with Crippen LogP contribution < -0.4 is 20.5 Å². The van der Waals surface area contributed by atoms with E-state index in [0.717, 1.165) is 6.92 Å². The lowest BCUT2D eigenvalue weighted by molar-refractivity contribution is -0.675. The van der Waals surface area contributed by atoms with E-state index >= 15 is 0 Å². The zero-order valence-electron chi connectivity index (χ0n) is 16.4. The van der Waals surface area contributed by atoms with Crippen molar-refractivity contribution < 1.29 is 18.1 Å². The number of hydrogen-bond donors (Lipinski definition) is 3. The van der Waals surface area contributed by atoms with Gasteiger partial charge in [-0.3, -0.25) is 14.8 Å². The summed E-state index contributed by atoms with van der Waals surface area (Å²) in [7, 11) is 1.80. The van der Waals surface area contributed by atoms with E-state index < -0.39 is 11.6 Å². The smallest absolute Gasteiger partial charge is 0.287 e. The fraction of sp³-hybridized carbons (Fsp3) is 0.316. The van der Waals surface area contributed by atoms with Crippen molar-refractivity contribution >= 4 is 23.6 Å². The number of carbonyl (C=O) groups excluding carboxylic acids is 1. The first-order valence-electron chi connectivity index (χ1n) is 8.77. The molecule has 0 spiro atoms. The Hall–Kier alpha value is -3.43. The number of carbonyl (C=O) groups is 1. The molecule has 0 saturated heterocycles. The minimum absolute atomic E-state index is 0.282. The van der Waals surface area contributed by atoms with Crippen molar-refractivity contribution in [1.82, 2.24) is 15.3 Å². The predicted octanol–water partition coefficient (Wildman–Crippen LogP) is 2.03.